The van der Waals surface area contributed by atoms with Gasteiger partial charge in [0.2, 0.25) is 12.6 Å². The highest BCUT2D eigenvalue weighted by Gasteiger charge is 2.11. The smallest absolute Gasteiger partial charge is 0.308 e. The van der Waals surface area contributed by atoms with Gasteiger partial charge in [0.15, 0.2) is 0 Å². The molecule has 0 aromatic rings. The van der Waals surface area contributed by atoms with Crippen LogP contribution >= 0.6 is 0 Å². The normalized spacial score (nSPS) is 13.2. The van der Waals surface area contributed by atoms with Crippen LogP contribution in [0.25, 0.3) is 0 Å². The van der Waals surface area contributed by atoms with Crippen molar-refractivity contribution in [2.45, 2.75) is 89.6 Å². The van der Waals surface area contributed by atoms with Gasteiger partial charge in [-0.15, -0.1) is 0 Å². The molecule has 8 nitrogen and oxygen atoms in total. The molecule has 26 heavy (non-hydrogen) atoms. The van der Waals surface area contributed by atoms with Gasteiger partial charge in [-0.05, 0) is 25.7 Å². The third kappa shape index (κ3) is 16.3. The average Bonchev–Trinajstić information content (AvgIpc) is 2.60. The van der Waals surface area contributed by atoms with Crippen LogP contribution in [0, 0.1) is 0 Å². The lowest BCUT2D eigenvalue weighted by molar-refractivity contribution is -0.170. The second kappa shape index (κ2) is 17.2. The molecule has 0 aliphatic heterocycles. The molecule has 0 aromatic carbocycles. The van der Waals surface area contributed by atoms with Gasteiger partial charge in [-0.3, -0.25) is 9.59 Å². The van der Waals surface area contributed by atoms with Gasteiger partial charge in [0.1, 0.15) is 0 Å². The second-order valence-corrected chi connectivity index (χ2v) is 6.24. The van der Waals surface area contributed by atoms with Crippen LogP contribution in [0.5, 0.6) is 0 Å². The first-order valence-electron chi connectivity index (χ1n) is 9.46. The van der Waals surface area contributed by atoms with Crippen LogP contribution in [0.15, 0.2) is 0 Å². The summed E-state index contributed by atoms with van der Waals surface area (Å²) in [5, 5.41) is 36.0. The first-order chi connectivity index (χ1) is 12.5. The Morgan fingerprint density at radius 1 is 0.615 bits per heavy atom. The van der Waals surface area contributed by atoms with E-state index in [1.54, 1.807) is 0 Å². The van der Waals surface area contributed by atoms with Crippen LogP contribution in [0.2, 0.25) is 0 Å². The molecule has 2 unspecified atom stereocenters. The van der Waals surface area contributed by atoms with Crippen LogP contribution in [-0.4, -0.2) is 58.2 Å². The van der Waals surface area contributed by atoms with Crippen molar-refractivity contribution < 1.29 is 39.5 Å². The summed E-state index contributed by atoms with van der Waals surface area (Å²) in [4.78, 5) is 22.9. The first kappa shape index (κ1) is 24.8. The van der Waals surface area contributed by atoms with Crippen molar-refractivity contribution >= 4 is 11.9 Å². The number of ether oxygens (including phenoxy) is 2. The summed E-state index contributed by atoms with van der Waals surface area (Å²) in [6.45, 7) is -0.0900. The summed E-state index contributed by atoms with van der Waals surface area (Å²) >= 11 is 0. The van der Waals surface area contributed by atoms with Crippen molar-refractivity contribution in [3.05, 3.63) is 0 Å². The quantitative estimate of drug-likeness (QED) is 0.169. The monoisotopic (exact) mass is 378 g/mol. The molecule has 0 saturated carbocycles. The topological polar surface area (TPSA) is 134 Å². The number of unbranched alkanes of at least 4 members (excludes halogenated alkanes) is 5. The molecule has 8 heteroatoms. The molecule has 0 rings (SSSR count). The van der Waals surface area contributed by atoms with Gasteiger partial charge in [-0.25, -0.2) is 0 Å². The van der Waals surface area contributed by atoms with E-state index in [0.29, 0.717) is 25.7 Å². The summed E-state index contributed by atoms with van der Waals surface area (Å²) in [7, 11) is 0. The van der Waals surface area contributed by atoms with Crippen LogP contribution in [-0.2, 0) is 19.1 Å². The zero-order chi connectivity index (χ0) is 19.6. The highest BCUT2D eigenvalue weighted by atomic mass is 16.6. The van der Waals surface area contributed by atoms with E-state index in [9.17, 15) is 19.8 Å². The van der Waals surface area contributed by atoms with Crippen molar-refractivity contribution in [3.8, 4) is 0 Å². The summed E-state index contributed by atoms with van der Waals surface area (Å²) in [6.07, 6.45) is 4.48. The minimum atomic E-state index is -1.14. The molecule has 0 aromatic heterocycles. The molecule has 0 bridgehead atoms. The lowest BCUT2D eigenvalue weighted by atomic mass is 10.1. The van der Waals surface area contributed by atoms with E-state index in [4.69, 9.17) is 19.7 Å². The van der Waals surface area contributed by atoms with Crippen LogP contribution < -0.4 is 0 Å². The molecule has 0 spiro atoms. The molecular formula is C18H34O8. The highest BCUT2D eigenvalue weighted by molar-refractivity contribution is 5.69. The molecule has 0 fully saturated rings. The van der Waals surface area contributed by atoms with Crippen molar-refractivity contribution in [1.82, 2.24) is 0 Å². The fraction of sp³-hybridized carbons (Fsp3) is 0.889. The number of esters is 2. The van der Waals surface area contributed by atoms with Crippen molar-refractivity contribution in [3.63, 3.8) is 0 Å². The molecule has 0 heterocycles. The molecule has 0 amide bonds. The average molecular weight is 378 g/mol. The summed E-state index contributed by atoms with van der Waals surface area (Å²) in [5.74, 6) is -0.865. The number of hydrogen-bond donors (Lipinski definition) is 4. The fourth-order valence-electron chi connectivity index (χ4n) is 2.32. The van der Waals surface area contributed by atoms with Crippen LogP contribution in [0.4, 0.5) is 0 Å². The Kier molecular flexibility index (Phi) is 16.4. The maximum absolute atomic E-state index is 11.5. The zero-order valence-electron chi connectivity index (χ0n) is 15.5. The van der Waals surface area contributed by atoms with Crippen molar-refractivity contribution in [2.75, 3.05) is 13.2 Å². The minimum absolute atomic E-state index is 0.0450. The Hall–Kier alpha value is -1.22. The lowest BCUT2D eigenvalue weighted by Crippen LogP contribution is -2.17. The number of aliphatic hydroxyl groups excluding tert-OH is 4. The Bertz CT molecular complexity index is 327. The molecule has 2 atom stereocenters. The van der Waals surface area contributed by atoms with E-state index in [0.717, 1.165) is 25.7 Å². The third-order valence-corrected chi connectivity index (χ3v) is 3.77. The molecule has 154 valence electrons. The summed E-state index contributed by atoms with van der Waals surface area (Å²) in [5.41, 5.74) is 0. The standard InChI is InChI=1S/C18H34O8/c19-13-7-11-17(23)25-15(21)9-5-3-1-2-4-6-10-16(22)26-18(24)12-8-14-20/h17-20,23-24H,1-14H2. The number of hydrogen-bond acceptors (Lipinski definition) is 8. The molecule has 4 N–H and O–H groups in total. The maximum Gasteiger partial charge on any atom is 0.308 e. The van der Waals surface area contributed by atoms with Gasteiger partial charge < -0.3 is 29.9 Å². The predicted molar refractivity (Wildman–Crippen MR) is 93.8 cm³/mol. The Morgan fingerprint density at radius 2 is 0.962 bits per heavy atom. The van der Waals surface area contributed by atoms with Gasteiger partial charge in [-0.1, -0.05) is 25.7 Å². The van der Waals surface area contributed by atoms with Crippen LogP contribution in [0.1, 0.15) is 77.0 Å². The van der Waals surface area contributed by atoms with Crippen molar-refractivity contribution in [2.24, 2.45) is 0 Å². The highest BCUT2D eigenvalue weighted by Crippen LogP contribution is 2.11. The number of rotatable bonds is 17. The largest absolute Gasteiger partial charge is 0.436 e. The Labute approximate surface area is 155 Å². The number of carbonyl (C=O) groups is 2. The number of aliphatic hydroxyl groups is 4. The zero-order valence-corrected chi connectivity index (χ0v) is 15.5. The maximum atomic E-state index is 11.5. The molecule has 0 radical (unpaired) electrons. The third-order valence-electron chi connectivity index (χ3n) is 3.77. The van der Waals surface area contributed by atoms with Crippen molar-refractivity contribution in [1.29, 1.82) is 0 Å². The molecule has 0 aliphatic carbocycles. The van der Waals surface area contributed by atoms with E-state index in [1.165, 1.54) is 0 Å². The van der Waals surface area contributed by atoms with Gasteiger partial charge in [0, 0.05) is 38.9 Å². The summed E-state index contributed by atoms with van der Waals surface area (Å²) < 4.78 is 9.60. The number of carbonyl (C=O) groups excluding carboxylic acids is 2. The SMILES string of the molecule is O=C(CCCCCCCCC(=O)OC(O)CCCO)OC(O)CCCO. The van der Waals surface area contributed by atoms with Gasteiger partial charge in [-0.2, -0.15) is 0 Å². The predicted octanol–water partition coefficient (Wildman–Crippen LogP) is 1.38. The summed E-state index contributed by atoms with van der Waals surface area (Å²) in [6, 6.07) is 0. The van der Waals surface area contributed by atoms with Crippen LogP contribution in [0.3, 0.4) is 0 Å². The fourth-order valence-corrected chi connectivity index (χ4v) is 2.32. The van der Waals surface area contributed by atoms with E-state index < -0.39 is 24.5 Å². The van der Waals surface area contributed by atoms with Gasteiger partial charge in [0.05, 0.1) is 0 Å². The Balaban J connectivity index is 3.45. The second-order valence-electron chi connectivity index (χ2n) is 6.24. The molecule has 0 aliphatic rings. The van der Waals surface area contributed by atoms with Gasteiger partial charge >= 0.3 is 11.9 Å². The first-order valence-corrected chi connectivity index (χ1v) is 9.46. The molecule has 0 saturated heterocycles. The lowest BCUT2D eigenvalue weighted by Gasteiger charge is -2.11. The van der Waals surface area contributed by atoms with E-state index in [-0.39, 0.29) is 38.9 Å². The van der Waals surface area contributed by atoms with E-state index >= 15 is 0 Å². The van der Waals surface area contributed by atoms with Gasteiger partial charge in [0.25, 0.3) is 0 Å². The minimum Gasteiger partial charge on any atom is -0.436 e. The Morgan fingerprint density at radius 3 is 1.31 bits per heavy atom. The van der Waals surface area contributed by atoms with E-state index in [1.807, 2.05) is 0 Å². The molecular weight excluding hydrogens is 344 g/mol. The van der Waals surface area contributed by atoms with E-state index in [2.05, 4.69) is 0 Å².